The molecule has 2 fully saturated rings. The Bertz CT molecular complexity index is 502. The molecule has 3 atom stereocenters. The van der Waals surface area contributed by atoms with Crippen LogP contribution in [0.25, 0.3) is 0 Å². The Labute approximate surface area is 145 Å². The van der Waals surface area contributed by atoms with Crippen LogP contribution in [0.3, 0.4) is 0 Å². The van der Waals surface area contributed by atoms with Gasteiger partial charge in [-0.2, -0.15) is 4.98 Å². The van der Waals surface area contributed by atoms with Crippen LogP contribution in [0.15, 0.2) is 4.52 Å². The zero-order valence-corrected chi connectivity index (χ0v) is 15.3. The van der Waals surface area contributed by atoms with E-state index in [0.29, 0.717) is 36.3 Å². The highest BCUT2D eigenvalue weighted by atomic mass is 35.5. The molecule has 0 aromatic carbocycles. The molecule has 6 heteroatoms. The molecular formula is C17H30ClN3O2. The molecule has 2 saturated carbocycles. The van der Waals surface area contributed by atoms with E-state index in [-0.39, 0.29) is 17.9 Å². The summed E-state index contributed by atoms with van der Waals surface area (Å²) in [6.45, 7) is 7.29. The van der Waals surface area contributed by atoms with Crippen LogP contribution in [-0.4, -0.2) is 16.2 Å². The normalized spacial score (nSPS) is 29.9. The van der Waals surface area contributed by atoms with E-state index in [1.165, 1.54) is 12.8 Å². The minimum Gasteiger partial charge on any atom is -0.368 e. The second-order valence-corrected chi connectivity index (χ2v) is 7.70. The molecule has 3 unspecified atom stereocenters. The van der Waals surface area contributed by atoms with Gasteiger partial charge in [-0.05, 0) is 49.9 Å². The zero-order chi connectivity index (χ0) is 15.7. The summed E-state index contributed by atoms with van der Waals surface area (Å²) < 4.78 is 11.5. The first-order valence-corrected chi connectivity index (χ1v) is 8.71. The highest BCUT2D eigenvalue weighted by Gasteiger charge is 2.39. The van der Waals surface area contributed by atoms with Gasteiger partial charge in [0.2, 0.25) is 0 Å². The van der Waals surface area contributed by atoms with E-state index in [1.54, 1.807) is 0 Å². The second-order valence-electron chi connectivity index (χ2n) is 7.70. The molecule has 1 aromatic heterocycles. The zero-order valence-electron chi connectivity index (χ0n) is 14.5. The lowest BCUT2D eigenvalue weighted by atomic mass is 9.75. The number of hydrogen-bond donors (Lipinski definition) is 1. The van der Waals surface area contributed by atoms with Gasteiger partial charge in [0.25, 0.3) is 5.89 Å². The molecule has 3 rings (SSSR count). The van der Waals surface area contributed by atoms with E-state index < -0.39 is 0 Å². The van der Waals surface area contributed by atoms with Gasteiger partial charge in [0.15, 0.2) is 5.82 Å². The van der Waals surface area contributed by atoms with Crippen LogP contribution in [-0.2, 0) is 16.9 Å². The third kappa shape index (κ3) is 4.06. The maximum atomic E-state index is 6.23. The van der Waals surface area contributed by atoms with Crippen molar-refractivity contribution in [3.05, 3.63) is 11.7 Å². The lowest BCUT2D eigenvalue weighted by Gasteiger charge is -2.36. The van der Waals surface area contributed by atoms with Crippen molar-refractivity contribution in [2.45, 2.75) is 77.5 Å². The lowest BCUT2D eigenvalue weighted by molar-refractivity contribution is -0.0547. The van der Waals surface area contributed by atoms with Gasteiger partial charge in [-0.1, -0.05) is 32.3 Å². The van der Waals surface area contributed by atoms with Crippen LogP contribution >= 0.6 is 12.4 Å². The minimum atomic E-state index is -0.360. The molecule has 0 bridgehead atoms. The smallest absolute Gasteiger partial charge is 0.252 e. The first-order chi connectivity index (χ1) is 10.5. The van der Waals surface area contributed by atoms with Crippen LogP contribution in [0.2, 0.25) is 0 Å². The number of aromatic nitrogens is 2. The fraction of sp³-hybridized carbons (Fsp3) is 0.882. The summed E-state index contributed by atoms with van der Waals surface area (Å²) in [5.74, 6) is 3.23. The summed E-state index contributed by atoms with van der Waals surface area (Å²) >= 11 is 0. The summed E-state index contributed by atoms with van der Waals surface area (Å²) in [6.07, 6.45) is 7.03. The Morgan fingerprint density at radius 1 is 1.35 bits per heavy atom. The van der Waals surface area contributed by atoms with Crippen molar-refractivity contribution in [2.24, 2.45) is 23.5 Å². The van der Waals surface area contributed by atoms with Crippen molar-refractivity contribution in [2.75, 3.05) is 0 Å². The molecule has 132 valence electrons. The van der Waals surface area contributed by atoms with Gasteiger partial charge < -0.3 is 15.0 Å². The number of ether oxygens (including phenoxy) is 1. The van der Waals surface area contributed by atoms with E-state index >= 15 is 0 Å². The highest BCUT2D eigenvalue weighted by molar-refractivity contribution is 5.85. The first kappa shape index (κ1) is 18.7. The summed E-state index contributed by atoms with van der Waals surface area (Å²) in [5.41, 5.74) is 5.87. The first-order valence-electron chi connectivity index (χ1n) is 8.71. The van der Waals surface area contributed by atoms with Gasteiger partial charge in [-0.25, -0.2) is 0 Å². The molecule has 1 heterocycles. The third-order valence-electron chi connectivity index (χ3n) is 5.54. The van der Waals surface area contributed by atoms with Crippen molar-refractivity contribution in [1.29, 1.82) is 0 Å². The molecule has 2 aliphatic rings. The molecule has 23 heavy (non-hydrogen) atoms. The molecule has 0 amide bonds. The van der Waals surface area contributed by atoms with Crippen LogP contribution in [0.1, 0.15) is 71.0 Å². The molecule has 1 aromatic rings. The van der Waals surface area contributed by atoms with Crippen molar-refractivity contribution in [3.8, 4) is 0 Å². The third-order valence-corrected chi connectivity index (χ3v) is 5.54. The Kier molecular flexibility index (Phi) is 6.09. The van der Waals surface area contributed by atoms with Gasteiger partial charge in [-0.3, -0.25) is 0 Å². The van der Waals surface area contributed by atoms with Gasteiger partial charge in [-0.15, -0.1) is 12.4 Å². The summed E-state index contributed by atoms with van der Waals surface area (Å²) in [5, 5.41) is 4.05. The molecule has 2 N–H and O–H groups in total. The Hall–Kier alpha value is -0.650. The number of hydrogen-bond acceptors (Lipinski definition) is 5. The van der Waals surface area contributed by atoms with Crippen LogP contribution in [0.4, 0.5) is 0 Å². The van der Waals surface area contributed by atoms with E-state index in [0.717, 1.165) is 31.6 Å². The number of nitrogens with two attached hydrogens (primary N) is 1. The summed E-state index contributed by atoms with van der Waals surface area (Å²) in [4.78, 5) is 4.45. The molecule has 0 aliphatic heterocycles. The molecule has 2 aliphatic carbocycles. The van der Waals surface area contributed by atoms with Crippen molar-refractivity contribution in [3.63, 3.8) is 0 Å². The summed E-state index contributed by atoms with van der Waals surface area (Å²) in [6, 6.07) is 0. The molecule has 5 nitrogen and oxygen atoms in total. The number of halogens is 1. The Balaban J connectivity index is 0.00000192. The topological polar surface area (TPSA) is 74.2 Å². The predicted molar refractivity (Wildman–Crippen MR) is 91.2 cm³/mol. The lowest BCUT2D eigenvalue weighted by Crippen LogP contribution is -2.44. The fourth-order valence-corrected chi connectivity index (χ4v) is 3.78. The summed E-state index contributed by atoms with van der Waals surface area (Å²) in [7, 11) is 0. The van der Waals surface area contributed by atoms with Crippen molar-refractivity contribution < 1.29 is 9.26 Å². The van der Waals surface area contributed by atoms with Crippen molar-refractivity contribution >= 4 is 12.4 Å². The van der Waals surface area contributed by atoms with E-state index in [1.807, 2.05) is 0 Å². The van der Waals surface area contributed by atoms with Crippen LogP contribution < -0.4 is 5.73 Å². The van der Waals surface area contributed by atoms with E-state index in [2.05, 4.69) is 30.9 Å². The van der Waals surface area contributed by atoms with Gasteiger partial charge >= 0.3 is 0 Å². The average Bonchev–Trinajstić information content (AvgIpc) is 2.91. The standard InChI is InChI=1S/C17H29N3O2.ClH/c1-11(2)13-6-5-12(3)9-14(13)21-10-15-19-16(20-22-15)17(18)7-4-8-17;/h11-14H,4-10,18H2,1-3H3;1H. The van der Waals surface area contributed by atoms with Gasteiger partial charge in [0, 0.05) is 0 Å². The Morgan fingerprint density at radius 2 is 2.09 bits per heavy atom. The second kappa shape index (κ2) is 7.49. The van der Waals surface area contributed by atoms with Crippen molar-refractivity contribution in [1.82, 2.24) is 10.1 Å². The van der Waals surface area contributed by atoms with E-state index in [4.69, 9.17) is 15.0 Å². The van der Waals surface area contributed by atoms with Gasteiger partial charge in [0.1, 0.15) is 6.61 Å². The maximum absolute atomic E-state index is 6.23. The van der Waals surface area contributed by atoms with Crippen LogP contribution in [0.5, 0.6) is 0 Å². The largest absolute Gasteiger partial charge is 0.368 e. The molecule has 0 spiro atoms. The highest BCUT2D eigenvalue weighted by Crippen LogP contribution is 2.37. The van der Waals surface area contributed by atoms with E-state index in [9.17, 15) is 0 Å². The number of rotatable bonds is 5. The quantitative estimate of drug-likeness (QED) is 0.879. The monoisotopic (exact) mass is 343 g/mol. The minimum absolute atomic E-state index is 0. The van der Waals surface area contributed by atoms with Gasteiger partial charge in [0.05, 0.1) is 11.6 Å². The number of nitrogens with zero attached hydrogens (tertiary/aromatic N) is 2. The fourth-order valence-electron chi connectivity index (χ4n) is 3.78. The molecule has 0 radical (unpaired) electrons. The maximum Gasteiger partial charge on any atom is 0.252 e. The Morgan fingerprint density at radius 3 is 2.70 bits per heavy atom. The predicted octanol–water partition coefficient (Wildman–Crippen LogP) is 3.81. The molecule has 0 saturated heterocycles. The SMILES string of the molecule is CC1CCC(C(C)C)C(OCc2nc(C3(N)CCC3)no2)C1.Cl. The molecular weight excluding hydrogens is 314 g/mol. The average molecular weight is 344 g/mol. The van der Waals surface area contributed by atoms with Crippen LogP contribution in [0, 0.1) is 17.8 Å².